The largest absolute Gasteiger partial charge is 0.480 e. The monoisotopic (exact) mass is 256 g/mol. The second kappa shape index (κ2) is 5.97. The molecule has 0 heterocycles. The molecule has 98 valence electrons. The summed E-state index contributed by atoms with van der Waals surface area (Å²) in [7, 11) is 1.40. The minimum Gasteiger partial charge on any atom is -0.480 e. The van der Waals surface area contributed by atoms with E-state index in [2.05, 4.69) is 5.32 Å². The van der Waals surface area contributed by atoms with Crippen LogP contribution < -0.4 is 10.2 Å². The van der Waals surface area contributed by atoms with Crippen molar-refractivity contribution >= 4 is 17.7 Å². The lowest BCUT2D eigenvalue weighted by atomic mass is 10.3. The zero-order valence-electron chi connectivity index (χ0n) is 9.63. The summed E-state index contributed by atoms with van der Waals surface area (Å²) in [5.74, 6) is -1.77. The number of carbonyl (C=O) groups excluding carboxylic acids is 1. The van der Waals surface area contributed by atoms with E-state index in [-0.39, 0.29) is 0 Å². The number of rotatable bonds is 4. The number of hydrogen-bond acceptors (Lipinski definition) is 3. The van der Waals surface area contributed by atoms with Crippen LogP contribution in [0.4, 0.5) is 14.9 Å². The third-order valence-corrected chi connectivity index (χ3v) is 2.30. The van der Waals surface area contributed by atoms with Crippen molar-refractivity contribution in [2.24, 2.45) is 0 Å². The predicted octanol–water partition coefficient (Wildman–Crippen LogP) is 0.417. The Bertz CT molecular complexity index is 435. The first-order valence-corrected chi connectivity index (χ1v) is 5.09. The van der Waals surface area contributed by atoms with E-state index in [1.807, 2.05) is 0 Å². The van der Waals surface area contributed by atoms with Crippen LogP contribution in [0.3, 0.4) is 0 Å². The first kappa shape index (κ1) is 13.9. The van der Waals surface area contributed by atoms with Crippen molar-refractivity contribution in [3.63, 3.8) is 0 Å². The number of anilines is 1. The Hall–Kier alpha value is -2.15. The smallest absolute Gasteiger partial charge is 0.328 e. The molecule has 0 aliphatic rings. The fourth-order valence-electron chi connectivity index (χ4n) is 1.21. The molecule has 1 atom stereocenters. The quantitative estimate of drug-likeness (QED) is 0.728. The van der Waals surface area contributed by atoms with Gasteiger partial charge in [-0.2, -0.15) is 0 Å². The second-order valence-corrected chi connectivity index (χ2v) is 3.56. The summed E-state index contributed by atoms with van der Waals surface area (Å²) in [6, 6.07) is 3.04. The molecule has 0 aromatic heterocycles. The van der Waals surface area contributed by atoms with Gasteiger partial charge in [-0.15, -0.1) is 0 Å². The zero-order valence-corrected chi connectivity index (χ0v) is 9.63. The average molecular weight is 256 g/mol. The number of carboxylic acid groups (broad SMARTS) is 1. The molecule has 0 aliphatic heterocycles. The van der Waals surface area contributed by atoms with Crippen molar-refractivity contribution in [3.8, 4) is 0 Å². The van der Waals surface area contributed by atoms with Gasteiger partial charge in [0.2, 0.25) is 0 Å². The summed E-state index contributed by atoms with van der Waals surface area (Å²) in [5.41, 5.74) is 0.399. The van der Waals surface area contributed by atoms with Crippen molar-refractivity contribution in [3.05, 3.63) is 30.1 Å². The Morgan fingerprint density at radius 2 is 1.94 bits per heavy atom. The molecule has 0 radical (unpaired) electrons. The topological polar surface area (TPSA) is 89.9 Å². The normalized spacial score (nSPS) is 11.7. The number of carbonyl (C=O) groups is 2. The molecule has 0 fully saturated rings. The van der Waals surface area contributed by atoms with Crippen LogP contribution in [0.15, 0.2) is 24.3 Å². The molecule has 3 N–H and O–H groups in total. The lowest BCUT2D eigenvalue weighted by Gasteiger charge is -2.20. The Morgan fingerprint density at radius 3 is 2.39 bits per heavy atom. The minimum absolute atomic E-state index is 0.399. The molecule has 0 saturated heterocycles. The van der Waals surface area contributed by atoms with Gasteiger partial charge in [0, 0.05) is 12.7 Å². The fraction of sp³-hybridized carbons (Fsp3) is 0.273. The van der Waals surface area contributed by atoms with Gasteiger partial charge in [-0.1, -0.05) is 0 Å². The van der Waals surface area contributed by atoms with E-state index in [0.29, 0.717) is 5.69 Å². The molecule has 0 unspecified atom stereocenters. The van der Waals surface area contributed by atoms with Crippen LogP contribution in [-0.2, 0) is 4.79 Å². The standard InChI is InChI=1S/C11H13FN2O4/c1-14(8-4-2-7(12)3-5-8)11(18)13-9(6-15)10(16)17/h2-5,9,15H,6H2,1H3,(H,13,18)(H,16,17)/t9-/m0/s1. The molecule has 18 heavy (non-hydrogen) atoms. The van der Waals surface area contributed by atoms with E-state index in [1.54, 1.807) is 0 Å². The summed E-state index contributed by atoms with van der Waals surface area (Å²) in [4.78, 5) is 23.4. The average Bonchev–Trinajstić information content (AvgIpc) is 2.35. The Balaban J connectivity index is 2.72. The van der Waals surface area contributed by atoms with Gasteiger partial charge in [0.25, 0.3) is 0 Å². The van der Waals surface area contributed by atoms with E-state index >= 15 is 0 Å². The number of nitrogens with one attached hydrogen (secondary N) is 1. The summed E-state index contributed by atoms with van der Waals surface area (Å²) in [5, 5.41) is 19.6. The van der Waals surface area contributed by atoms with Crippen LogP contribution in [0.2, 0.25) is 0 Å². The highest BCUT2D eigenvalue weighted by Crippen LogP contribution is 2.13. The highest BCUT2D eigenvalue weighted by molar-refractivity contribution is 5.93. The first-order chi connectivity index (χ1) is 8.45. The van der Waals surface area contributed by atoms with Crippen molar-refractivity contribution in [1.29, 1.82) is 0 Å². The van der Waals surface area contributed by atoms with Crippen molar-refractivity contribution in [2.75, 3.05) is 18.6 Å². The highest BCUT2D eigenvalue weighted by atomic mass is 19.1. The Labute approximate surface area is 103 Å². The zero-order chi connectivity index (χ0) is 13.7. The molecule has 1 aromatic carbocycles. The maximum Gasteiger partial charge on any atom is 0.328 e. The number of nitrogens with zero attached hydrogens (tertiary/aromatic N) is 1. The number of amides is 2. The number of urea groups is 1. The van der Waals surface area contributed by atoms with Crippen LogP contribution >= 0.6 is 0 Å². The SMILES string of the molecule is CN(C(=O)N[C@@H](CO)C(=O)O)c1ccc(F)cc1. The molecule has 0 spiro atoms. The molecule has 0 saturated carbocycles. The first-order valence-electron chi connectivity index (χ1n) is 5.09. The van der Waals surface area contributed by atoms with Gasteiger partial charge in [-0.05, 0) is 24.3 Å². The maximum absolute atomic E-state index is 12.7. The lowest BCUT2D eigenvalue weighted by Crippen LogP contribution is -2.48. The number of benzene rings is 1. The number of aliphatic hydroxyl groups excluding tert-OH is 1. The van der Waals surface area contributed by atoms with Crippen LogP contribution in [0, 0.1) is 5.82 Å². The second-order valence-electron chi connectivity index (χ2n) is 3.56. The lowest BCUT2D eigenvalue weighted by molar-refractivity contribution is -0.140. The van der Waals surface area contributed by atoms with Gasteiger partial charge in [0.05, 0.1) is 6.61 Å². The molecular formula is C11H13FN2O4. The number of aliphatic carboxylic acids is 1. The van der Waals surface area contributed by atoms with Crippen LogP contribution in [0.25, 0.3) is 0 Å². The van der Waals surface area contributed by atoms with Crippen molar-refractivity contribution < 1.29 is 24.2 Å². The molecule has 0 aliphatic carbocycles. The van der Waals surface area contributed by atoms with Crippen LogP contribution in [0.5, 0.6) is 0 Å². The summed E-state index contributed by atoms with van der Waals surface area (Å²) >= 11 is 0. The molecule has 1 rings (SSSR count). The van der Waals surface area contributed by atoms with Gasteiger partial charge < -0.3 is 15.5 Å². The van der Waals surface area contributed by atoms with Crippen LogP contribution in [-0.4, -0.2) is 41.9 Å². The van der Waals surface area contributed by atoms with Gasteiger partial charge in [-0.3, -0.25) is 4.90 Å². The van der Waals surface area contributed by atoms with Gasteiger partial charge in [-0.25, -0.2) is 14.0 Å². The highest BCUT2D eigenvalue weighted by Gasteiger charge is 2.21. The minimum atomic E-state index is -1.37. The third-order valence-electron chi connectivity index (χ3n) is 2.30. The van der Waals surface area contributed by atoms with E-state index in [9.17, 15) is 14.0 Å². The van der Waals surface area contributed by atoms with E-state index in [1.165, 1.54) is 31.3 Å². The predicted molar refractivity (Wildman–Crippen MR) is 61.8 cm³/mol. The van der Waals surface area contributed by atoms with Gasteiger partial charge >= 0.3 is 12.0 Å². The summed E-state index contributed by atoms with van der Waals surface area (Å²) in [6.45, 7) is -0.710. The number of aliphatic hydroxyl groups is 1. The molecule has 6 nitrogen and oxygen atoms in total. The summed E-state index contributed by atoms with van der Waals surface area (Å²) < 4.78 is 12.7. The number of hydrogen-bond donors (Lipinski definition) is 3. The van der Waals surface area contributed by atoms with E-state index in [0.717, 1.165) is 4.90 Å². The van der Waals surface area contributed by atoms with Gasteiger partial charge in [0.1, 0.15) is 5.82 Å². The van der Waals surface area contributed by atoms with Gasteiger partial charge in [0.15, 0.2) is 6.04 Å². The Kier molecular flexibility index (Phi) is 4.61. The van der Waals surface area contributed by atoms with Crippen LogP contribution in [0.1, 0.15) is 0 Å². The molecule has 1 aromatic rings. The van der Waals surface area contributed by atoms with E-state index < -0.39 is 30.5 Å². The number of carboxylic acids is 1. The fourth-order valence-corrected chi connectivity index (χ4v) is 1.21. The third kappa shape index (κ3) is 3.42. The summed E-state index contributed by atoms with van der Waals surface area (Å²) in [6.07, 6.45) is 0. The van der Waals surface area contributed by atoms with Crippen molar-refractivity contribution in [2.45, 2.75) is 6.04 Å². The number of halogens is 1. The van der Waals surface area contributed by atoms with Crippen molar-refractivity contribution in [1.82, 2.24) is 5.32 Å². The molecule has 0 bridgehead atoms. The Morgan fingerprint density at radius 1 is 1.39 bits per heavy atom. The molecule has 2 amide bonds. The van der Waals surface area contributed by atoms with E-state index in [4.69, 9.17) is 10.2 Å². The maximum atomic E-state index is 12.7. The molecule has 7 heteroatoms. The molecular weight excluding hydrogens is 243 g/mol.